The van der Waals surface area contributed by atoms with Crippen LogP contribution in [0.5, 0.6) is 0 Å². The van der Waals surface area contributed by atoms with Gasteiger partial charge in [0.25, 0.3) is 0 Å². The van der Waals surface area contributed by atoms with Gasteiger partial charge in [0, 0.05) is 6.42 Å². The quantitative estimate of drug-likeness (QED) is 0.529. The molecule has 0 heterocycles. The molecule has 1 atom stereocenters. The summed E-state index contributed by atoms with van der Waals surface area (Å²) >= 11 is 1.60. The van der Waals surface area contributed by atoms with Crippen molar-refractivity contribution in [3.8, 4) is 11.2 Å². The Hall–Kier alpha value is -0.0900. The lowest BCUT2D eigenvalue weighted by molar-refractivity contribution is 0.774. The third-order valence-electron chi connectivity index (χ3n) is 1.38. The molecule has 1 unspecified atom stereocenters. The zero-order valence-corrected chi connectivity index (χ0v) is 6.50. The van der Waals surface area contributed by atoms with Gasteiger partial charge in [0.2, 0.25) is 0 Å². The molecule has 1 heteroatoms. The number of hydrogen-bond donors (Lipinski definition) is 0. The lowest BCUT2D eigenvalue weighted by Gasteiger charge is -1.84. The first-order valence-corrected chi connectivity index (χ1v) is 4.50. The summed E-state index contributed by atoms with van der Waals surface area (Å²) in [6, 6.07) is 0. The first-order valence-electron chi connectivity index (χ1n) is 3.27. The van der Waals surface area contributed by atoms with Gasteiger partial charge in [-0.15, -0.1) is 0 Å². The van der Waals surface area contributed by atoms with Crippen LogP contribution in [-0.4, -0.2) is 6.26 Å². The van der Waals surface area contributed by atoms with Crippen molar-refractivity contribution in [1.82, 2.24) is 0 Å². The average molecular weight is 139 g/mol. The maximum absolute atomic E-state index is 3.10. The predicted octanol–water partition coefficient (Wildman–Crippen LogP) is 2.31. The van der Waals surface area contributed by atoms with Crippen LogP contribution < -0.4 is 0 Å². The molecule has 1 radical (unpaired) electrons. The summed E-state index contributed by atoms with van der Waals surface area (Å²) in [6.45, 7) is 0. The van der Waals surface area contributed by atoms with Crippen LogP contribution in [0.2, 0.25) is 0 Å². The monoisotopic (exact) mass is 139 g/mol. The van der Waals surface area contributed by atoms with E-state index in [2.05, 4.69) is 17.6 Å². The molecule has 1 aliphatic carbocycles. The summed E-state index contributed by atoms with van der Waals surface area (Å²) in [5, 5.41) is 2.98. The zero-order chi connectivity index (χ0) is 6.53. The van der Waals surface area contributed by atoms with E-state index in [1.54, 1.807) is 11.8 Å². The second-order valence-corrected chi connectivity index (χ2v) is 2.87. The van der Waals surface area contributed by atoms with E-state index in [9.17, 15) is 0 Å². The molecule has 0 nitrogen and oxygen atoms in total. The van der Waals surface area contributed by atoms with Gasteiger partial charge in [-0.2, -0.15) is 0 Å². The molecule has 0 aromatic heterocycles. The van der Waals surface area contributed by atoms with E-state index in [1.165, 1.54) is 12.8 Å². The van der Waals surface area contributed by atoms with E-state index in [-0.39, 0.29) is 0 Å². The standard InChI is InChI=1S/C8H11S/c1-9-7-3-2-4-8-5-6-8/h5,8H,2,4,6H2,1H3. The summed E-state index contributed by atoms with van der Waals surface area (Å²) in [5.74, 6) is 4.02. The highest BCUT2D eigenvalue weighted by Gasteiger charge is 2.19. The normalized spacial score (nSPS) is 16.6. The Kier molecular flexibility index (Phi) is 3.00. The highest BCUT2D eigenvalue weighted by atomic mass is 32.2. The van der Waals surface area contributed by atoms with Gasteiger partial charge in [-0.1, -0.05) is 17.7 Å². The Bertz CT molecular complexity index is 125. The smallest absolute Gasteiger partial charge is 0.0100 e. The van der Waals surface area contributed by atoms with Crippen molar-refractivity contribution in [2.45, 2.75) is 19.3 Å². The van der Waals surface area contributed by atoms with Crippen molar-refractivity contribution in [1.29, 1.82) is 0 Å². The van der Waals surface area contributed by atoms with Gasteiger partial charge in [-0.3, -0.25) is 0 Å². The van der Waals surface area contributed by atoms with Gasteiger partial charge in [0.05, 0.1) is 0 Å². The van der Waals surface area contributed by atoms with Gasteiger partial charge < -0.3 is 0 Å². The van der Waals surface area contributed by atoms with Crippen LogP contribution in [0.4, 0.5) is 0 Å². The fourth-order valence-corrected chi connectivity index (χ4v) is 0.959. The fraction of sp³-hybridized carbons (Fsp3) is 0.625. The number of hydrogen-bond acceptors (Lipinski definition) is 1. The van der Waals surface area contributed by atoms with Gasteiger partial charge in [-0.05, 0) is 36.7 Å². The van der Waals surface area contributed by atoms with Crippen LogP contribution >= 0.6 is 11.8 Å². The van der Waals surface area contributed by atoms with Crippen LogP contribution in [-0.2, 0) is 0 Å². The fourth-order valence-electron chi connectivity index (χ4n) is 0.713. The molecule has 0 aromatic carbocycles. The summed E-state index contributed by atoms with van der Waals surface area (Å²) in [7, 11) is 0. The molecular formula is C8H11S. The van der Waals surface area contributed by atoms with E-state index in [1.807, 2.05) is 6.26 Å². The van der Waals surface area contributed by atoms with Crippen molar-refractivity contribution >= 4 is 11.8 Å². The maximum atomic E-state index is 3.10. The average Bonchev–Trinajstić information content (AvgIpc) is 2.63. The lowest BCUT2D eigenvalue weighted by atomic mass is 10.2. The second kappa shape index (κ2) is 3.85. The van der Waals surface area contributed by atoms with Crippen molar-refractivity contribution in [3.63, 3.8) is 0 Å². The van der Waals surface area contributed by atoms with Gasteiger partial charge in [0.15, 0.2) is 0 Å². The van der Waals surface area contributed by atoms with E-state index < -0.39 is 0 Å². The van der Waals surface area contributed by atoms with E-state index in [4.69, 9.17) is 0 Å². The minimum Gasteiger partial charge on any atom is -0.0913 e. The van der Waals surface area contributed by atoms with Gasteiger partial charge in [0.1, 0.15) is 0 Å². The Balaban J connectivity index is 1.91. The molecule has 0 N–H and O–H groups in total. The molecule has 9 heavy (non-hydrogen) atoms. The highest BCUT2D eigenvalue weighted by Crippen LogP contribution is 2.31. The molecule has 0 aromatic rings. The Labute approximate surface area is 61.4 Å². The molecule has 1 aliphatic rings. The van der Waals surface area contributed by atoms with E-state index in [0.717, 1.165) is 12.3 Å². The summed E-state index contributed by atoms with van der Waals surface area (Å²) in [4.78, 5) is 0. The molecule has 1 fully saturated rings. The van der Waals surface area contributed by atoms with Crippen LogP contribution in [0.3, 0.4) is 0 Å². The summed E-state index contributed by atoms with van der Waals surface area (Å²) in [5.41, 5.74) is 0. The van der Waals surface area contributed by atoms with Crippen molar-refractivity contribution in [3.05, 3.63) is 6.42 Å². The zero-order valence-electron chi connectivity index (χ0n) is 5.68. The second-order valence-electron chi connectivity index (χ2n) is 2.25. The Morgan fingerprint density at radius 2 is 2.56 bits per heavy atom. The Morgan fingerprint density at radius 3 is 3.11 bits per heavy atom. The van der Waals surface area contributed by atoms with Gasteiger partial charge >= 0.3 is 0 Å². The van der Waals surface area contributed by atoms with Crippen molar-refractivity contribution < 1.29 is 0 Å². The molecule has 0 bridgehead atoms. The summed E-state index contributed by atoms with van der Waals surface area (Å²) in [6.07, 6.45) is 8.06. The number of thioether (sulfide) groups is 1. The lowest BCUT2D eigenvalue weighted by Crippen LogP contribution is -1.71. The predicted molar refractivity (Wildman–Crippen MR) is 42.9 cm³/mol. The molecule has 49 valence electrons. The molecule has 0 spiro atoms. The molecule has 0 aliphatic heterocycles. The minimum absolute atomic E-state index is 0.918. The first kappa shape index (κ1) is 7.02. The van der Waals surface area contributed by atoms with Crippen molar-refractivity contribution in [2.24, 2.45) is 5.92 Å². The van der Waals surface area contributed by atoms with Crippen LogP contribution in [0.15, 0.2) is 0 Å². The highest BCUT2D eigenvalue weighted by molar-refractivity contribution is 8.03. The Morgan fingerprint density at radius 1 is 1.78 bits per heavy atom. The molecular weight excluding hydrogens is 128 g/mol. The molecule has 0 saturated heterocycles. The van der Waals surface area contributed by atoms with Crippen molar-refractivity contribution in [2.75, 3.05) is 6.26 Å². The van der Waals surface area contributed by atoms with Crippen LogP contribution in [0.25, 0.3) is 0 Å². The topological polar surface area (TPSA) is 0 Å². The largest absolute Gasteiger partial charge is 0.0913 e. The maximum Gasteiger partial charge on any atom is 0.0100 e. The SMILES string of the molecule is CSC#CCCC1[CH]C1. The van der Waals surface area contributed by atoms with Gasteiger partial charge in [-0.25, -0.2) is 0 Å². The minimum atomic E-state index is 0.918. The molecule has 1 saturated carbocycles. The number of rotatable bonds is 2. The molecule has 1 rings (SSSR count). The third-order valence-corrected chi connectivity index (χ3v) is 1.73. The summed E-state index contributed by atoms with van der Waals surface area (Å²) < 4.78 is 0. The first-order chi connectivity index (χ1) is 4.43. The third kappa shape index (κ3) is 3.48. The van der Waals surface area contributed by atoms with Crippen LogP contribution in [0, 0.1) is 23.5 Å². The van der Waals surface area contributed by atoms with E-state index >= 15 is 0 Å². The van der Waals surface area contributed by atoms with Crippen LogP contribution in [0.1, 0.15) is 19.3 Å². The van der Waals surface area contributed by atoms with E-state index in [0.29, 0.717) is 0 Å². The molecule has 0 amide bonds.